The van der Waals surface area contributed by atoms with E-state index in [1.54, 1.807) is 23.1 Å². The fraction of sp³-hybridized carbons (Fsp3) is 0.333. The van der Waals surface area contributed by atoms with E-state index in [-0.39, 0.29) is 17.6 Å². The largest absolute Gasteiger partial charge is 0.376 e. The van der Waals surface area contributed by atoms with Crippen LogP contribution < -0.4 is 15.5 Å². The Morgan fingerprint density at radius 2 is 2.13 bits per heavy atom. The highest BCUT2D eigenvalue weighted by molar-refractivity contribution is 5.98. The third kappa shape index (κ3) is 4.89. The third-order valence-corrected chi connectivity index (χ3v) is 4.67. The Bertz CT molecular complexity index is 1010. The minimum atomic E-state index is -2.56. The molecule has 1 aromatic carbocycles. The molecule has 0 atom stereocenters. The molecule has 1 heterocycles. The number of nitriles is 1. The summed E-state index contributed by atoms with van der Waals surface area (Å²) in [6.45, 7) is 3.58. The lowest BCUT2D eigenvalue weighted by molar-refractivity contribution is -0.117. The van der Waals surface area contributed by atoms with Gasteiger partial charge in [0.1, 0.15) is 11.5 Å². The van der Waals surface area contributed by atoms with E-state index < -0.39 is 12.8 Å². The Balaban J connectivity index is 2.01. The number of rotatable bonds is 8. The van der Waals surface area contributed by atoms with Crippen LogP contribution in [0, 0.1) is 17.2 Å². The number of carbonyl (C=O) groups is 1. The van der Waals surface area contributed by atoms with Gasteiger partial charge in [0, 0.05) is 38.2 Å². The van der Waals surface area contributed by atoms with Crippen molar-refractivity contribution in [3.05, 3.63) is 35.4 Å². The second-order valence-corrected chi connectivity index (χ2v) is 7.24. The standard InChI is InChI=1S/C21H22F2N6O/c1-25-19-16(29(2)3)10-18(27-20(19)28-21(30)13-5-6-13)26-15-7-4-12(11-24)8-14(15)9-17(22)23/h4,7-8,10,13,17H,1,5-6,9H2,2-3H3,(H2,26,27,28,30). The molecule has 1 aliphatic carbocycles. The lowest BCUT2D eigenvalue weighted by atomic mass is 10.1. The zero-order valence-corrected chi connectivity index (χ0v) is 16.7. The maximum absolute atomic E-state index is 13.0. The summed E-state index contributed by atoms with van der Waals surface area (Å²) in [6, 6.07) is 8.19. The van der Waals surface area contributed by atoms with E-state index in [1.165, 1.54) is 6.07 Å². The Morgan fingerprint density at radius 3 is 2.70 bits per heavy atom. The molecule has 0 aliphatic heterocycles. The molecule has 3 rings (SSSR count). The Hall–Kier alpha value is -3.54. The van der Waals surface area contributed by atoms with Gasteiger partial charge < -0.3 is 15.5 Å². The molecule has 156 valence electrons. The summed E-state index contributed by atoms with van der Waals surface area (Å²) in [4.78, 5) is 22.5. The van der Waals surface area contributed by atoms with Gasteiger partial charge in [0.2, 0.25) is 12.3 Å². The molecule has 2 aromatic rings. The van der Waals surface area contributed by atoms with Crippen molar-refractivity contribution in [1.29, 1.82) is 5.26 Å². The average molecular weight is 412 g/mol. The fourth-order valence-electron chi connectivity index (χ4n) is 3.00. The van der Waals surface area contributed by atoms with Crippen LogP contribution >= 0.6 is 0 Å². The van der Waals surface area contributed by atoms with Crippen LogP contribution in [0.15, 0.2) is 29.3 Å². The summed E-state index contributed by atoms with van der Waals surface area (Å²) in [5.74, 6) is 0.433. The molecule has 0 unspecified atom stereocenters. The van der Waals surface area contributed by atoms with Gasteiger partial charge in [-0.2, -0.15) is 5.26 Å². The number of alkyl halides is 2. The van der Waals surface area contributed by atoms with Gasteiger partial charge in [-0.15, -0.1) is 0 Å². The lowest BCUT2D eigenvalue weighted by Gasteiger charge is -2.20. The topological polar surface area (TPSA) is 93.4 Å². The van der Waals surface area contributed by atoms with E-state index in [0.717, 1.165) is 12.8 Å². The summed E-state index contributed by atoms with van der Waals surface area (Å²) in [5, 5.41) is 14.9. The molecule has 30 heavy (non-hydrogen) atoms. The number of carbonyl (C=O) groups excluding carboxylic acids is 1. The van der Waals surface area contributed by atoms with Crippen molar-refractivity contribution in [3.63, 3.8) is 0 Å². The number of anilines is 4. The van der Waals surface area contributed by atoms with Crippen LogP contribution in [-0.4, -0.2) is 38.1 Å². The van der Waals surface area contributed by atoms with Gasteiger partial charge in [-0.1, -0.05) is 0 Å². The molecule has 1 saturated carbocycles. The van der Waals surface area contributed by atoms with Gasteiger partial charge in [0.25, 0.3) is 0 Å². The van der Waals surface area contributed by atoms with Crippen LogP contribution in [-0.2, 0) is 11.2 Å². The number of hydrogen-bond acceptors (Lipinski definition) is 6. The summed E-state index contributed by atoms with van der Waals surface area (Å²) >= 11 is 0. The highest BCUT2D eigenvalue weighted by Gasteiger charge is 2.30. The lowest BCUT2D eigenvalue weighted by Crippen LogP contribution is -2.17. The molecule has 1 aromatic heterocycles. The molecule has 0 saturated heterocycles. The molecule has 1 fully saturated rings. The number of aliphatic imine (C=N–C) groups is 1. The zero-order valence-electron chi connectivity index (χ0n) is 16.7. The van der Waals surface area contributed by atoms with Crippen molar-refractivity contribution in [3.8, 4) is 6.07 Å². The second kappa shape index (κ2) is 8.86. The van der Waals surface area contributed by atoms with Crippen LogP contribution in [0.1, 0.15) is 24.0 Å². The molecule has 0 bridgehead atoms. The first kappa shape index (κ1) is 21.2. The summed E-state index contributed by atoms with van der Waals surface area (Å²) in [6.07, 6.45) is -1.39. The van der Waals surface area contributed by atoms with Crippen LogP contribution in [0.3, 0.4) is 0 Å². The van der Waals surface area contributed by atoms with Crippen molar-refractivity contribution in [1.82, 2.24) is 4.98 Å². The second-order valence-electron chi connectivity index (χ2n) is 7.24. The van der Waals surface area contributed by atoms with Gasteiger partial charge >= 0.3 is 0 Å². The van der Waals surface area contributed by atoms with E-state index in [1.807, 2.05) is 20.2 Å². The molecule has 0 spiro atoms. The van der Waals surface area contributed by atoms with Gasteiger partial charge in [0.15, 0.2) is 5.82 Å². The minimum absolute atomic E-state index is 0.0277. The molecule has 0 radical (unpaired) electrons. The monoisotopic (exact) mass is 412 g/mol. The number of nitrogens with zero attached hydrogens (tertiary/aromatic N) is 4. The number of amides is 1. The summed E-state index contributed by atoms with van der Waals surface area (Å²) in [7, 11) is 3.62. The van der Waals surface area contributed by atoms with Crippen molar-refractivity contribution < 1.29 is 13.6 Å². The third-order valence-electron chi connectivity index (χ3n) is 4.67. The van der Waals surface area contributed by atoms with Crippen molar-refractivity contribution >= 4 is 41.3 Å². The first-order valence-corrected chi connectivity index (χ1v) is 9.40. The highest BCUT2D eigenvalue weighted by atomic mass is 19.3. The number of nitrogens with one attached hydrogen (secondary N) is 2. The number of hydrogen-bond donors (Lipinski definition) is 2. The number of benzene rings is 1. The quantitative estimate of drug-likeness (QED) is 0.632. The number of pyridine rings is 1. The van der Waals surface area contributed by atoms with Crippen molar-refractivity contribution in [2.24, 2.45) is 10.9 Å². The predicted molar refractivity (Wildman–Crippen MR) is 113 cm³/mol. The van der Waals surface area contributed by atoms with Crippen LogP contribution in [0.25, 0.3) is 0 Å². The Morgan fingerprint density at radius 1 is 1.40 bits per heavy atom. The molecule has 2 N–H and O–H groups in total. The normalized spacial score (nSPS) is 12.9. The van der Waals surface area contributed by atoms with E-state index in [0.29, 0.717) is 34.0 Å². The van der Waals surface area contributed by atoms with Crippen molar-refractivity contribution in [2.75, 3.05) is 29.6 Å². The first-order chi connectivity index (χ1) is 14.3. The van der Waals surface area contributed by atoms with Gasteiger partial charge in [-0.25, -0.2) is 13.8 Å². The zero-order chi connectivity index (χ0) is 21.8. The fourth-order valence-corrected chi connectivity index (χ4v) is 3.00. The predicted octanol–water partition coefficient (Wildman–Crippen LogP) is 4.25. The average Bonchev–Trinajstić information content (AvgIpc) is 3.54. The highest BCUT2D eigenvalue weighted by Crippen LogP contribution is 2.38. The van der Waals surface area contributed by atoms with E-state index in [9.17, 15) is 13.6 Å². The van der Waals surface area contributed by atoms with Gasteiger partial charge in [-0.05, 0) is 43.3 Å². The molecule has 9 heteroatoms. The molecule has 1 aliphatic rings. The number of halogens is 2. The van der Waals surface area contributed by atoms with Gasteiger partial charge in [0.05, 0.1) is 17.3 Å². The van der Waals surface area contributed by atoms with E-state index in [2.05, 4.69) is 27.3 Å². The van der Waals surface area contributed by atoms with E-state index in [4.69, 9.17) is 5.26 Å². The van der Waals surface area contributed by atoms with Crippen LogP contribution in [0.2, 0.25) is 0 Å². The SMILES string of the molecule is C=Nc1c(N(C)C)cc(Nc2ccc(C#N)cc2CC(F)F)nc1NC(=O)C1CC1. The molecule has 7 nitrogen and oxygen atoms in total. The Labute approximate surface area is 173 Å². The van der Waals surface area contributed by atoms with Crippen LogP contribution in [0.4, 0.5) is 37.5 Å². The Kier molecular flexibility index (Phi) is 6.26. The molecular formula is C21H22F2N6O. The molecular weight excluding hydrogens is 390 g/mol. The summed E-state index contributed by atoms with van der Waals surface area (Å²) in [5.41, 5.74) is 2.07. The number of aromatic nitrogens is 1. The molecule has 1 amide bonds. The van der Waals surface area contributed by atoms with Gasteiger partial charge in [-0.3, -0.25) is 9.79 Å². The maximum atomic E-state index is 13.0. The smallest absolute Gasteiger partial charge is 0.242 e. The first-order valence-electron chi connectivity index (χ1n) is 9.40. The minimum Gasteiger partial charge on any atom is -0.376 e. The van der Waals surface area contributed by atoms with Crippen molar-refractivity contribution in [2.45, 2.75) is 25.7 Å². The van der Waals surface area contributed by atoms with E-state index >= 15 is 0 Å². The van der Waals surface area contributed by atoms with Crippen LogP contribution in [0.5, 0.6) is 0 Å². The summed E-state index contributed by atoms with van der Waals surface area (Å²) < 4.78 is 26.1. The maximum Gasteiger partial charge on any atom is 0.242 e.